The molecule has 3 rings (SSSR count). The lowest BCUT2D eigenvalue weighted by Crippen LogP contribution is -2.24. The summed E-state index contributed by atoms with van der Waals surface area (Å²) in [5.41, 5.74) is 5.63. The van der Waals surface area contributed by atoms with Crippen LogP contribution in [0.1, 0.15) is 46.8 Å². The van der Waals surface area contributed by atoms with Crippen LogP contribution in [0.15, 0.2) is 76.3 Å². The zero-order valence-electron chi connectivity index (χ0n) is 18.7. The Labute approximate surface area is 201 Å². The number of amides is 1. The molecule has 0 atom stereocenters. The van der Waals surface area contributed by atoms with Crippen molar-refractivity contribution in [2.75, 3.05) is 6.61 Å². The van der Waals surface area contributed by atoms with Gasteiger partial charge in [-0.2, -0.15) is 5.10 Å². The minimum absolute atomic E-state index is 0.174. The van der Waals surface area contributed by atoms with E-state index in [0.29, 0.717) is 28.5 Å². The molecule has 33 heavy (non-hydrogen) atoms. The molecule has 0 saturated heterocycles. The first kappa shape index (κ1) is 24.2. The lowest BCUT2D eigenvalue weighted by atomic mass is 10.0. The fourth-order valence-corrected chi connectivity index (χ4v) is 3.24. The van der Waals surface area contributed by atoms with Crippen LogP contribution in [-0.4, -0.2) is 24.7 Å². The molecule has 0 saturated carbocycles. The number of carbonyl (C=O) groups is 2. The zero-order valence-corrected chi connectivity index (χ0v) is 20.3. The number of rotatable bonds is 8. The smallest absolute Gasteiger partial charge is 0.343 e. The molecule has 6 nitrogen and oxygen atoms in total. The first-order chi connectivity index (χ1) is 15.8. The van der Waals surface area contributed by atoms with E-state index in [1.165, 1.54) is 11.8 Å². The molecular formula is C26H25BrN2O4. The highest BCUT2D eigenvalue weighted by atomic mass is 79.9. The molecule has 0 fully saturated rings. The van der Waals surface area contributed by atoms with E-state index in [9.17, 15) is 9.59 Å². The number of hydrazone groups is 1. The molecule has 7 heteroatoms. The third kappa shape index (κ3) is 7.29. The second kappa shape index (κ2) is 11.4. The summed E-state index contributed by atoms with van der Waals surface area (Å²) in [4.78, 5) is 24.5. The van der Waals surface area contributed by atoms with Crippen LogP contribution < -0.4 is 14.9 Å². The number of halogens is 1. The molecule has 1 N–H and O–H groups in total. The molecule has 0 aromatic heterocycles. The fourth-order valence-electron chi connectivity index (χ4n) is 2.87. The van der Waals surface area contributed by atoms with Crippen molar-refractivity contribution in [3.8, 4) is 11.5 Å². The number of esters is 1. The molecule has 0 unspecified atom stereocenters. The Balaban J connectivity index is 1.58. The lowest BCUT2D eigenvalue weighted by molar-refractivity contribution is -0.123. The number of nitrogens with one attached hydrogen (secondary N) is 1. The van der Waals surface area contributed by atoms with Crippen LogP contribution in [0.25, 0.3) is 0 Å². The van der Waals surface area contributed by atoms with Crippen molar-refractivity contribution in [2.45, 2.75) is 26.7 Å². The summed E-state index contributed by atoms with van der Waals surface area (Å²) in [6.45, 7) is 6.00. The van der Waals surface area contributed by atoms with E-state index < -0.39 is 11.9 Å². The third-order valence-corrected chi connectivity index (χ3v) is 5.26. The van der Waals surface area contributed by atoms with E-state index in [1.807, 2.05) is 43.3 Å². The monoisotopic (exact) mass is 508 g/mol. The normalized spacial score (nSPS) is 10.9. The third-order valence-electron chi connectivity index (χ3n) is 4.77. The molecule has 3 aromatic carbocycles. The fraction of sp³-hybridized carbons (Fsp3) is 0.192. The summed E-state index contributed by atoms with van der Waals surface area (Å²) in [6, 6.07) is 19.9. The summed E-state index contributed by atoms with van der Waals surface area (Å²) in [5, 5.41) is 3.97. The Bertz CT molecular complexity index is 1140. The first-order valence-electron chi connectivity index (χ1n) is 10.4. The van der Waals surface area contributed by atoms with Crippen molar-refractivity contribution < 1.29 is 19.1 Å². The van der Waals surface area contributed by atoms with E-state index >= 15 is 0 Å². The molecule has 0 bridgehead atoms. The van der Waals surface area contributed by atoms with Gasteiger partial charge in [0.1, 0.15) is 11.5 Å². The van der Waals surface area contributed by atoms with Crippen molar-refractivity contribution in [1.29, 1.82) is 0 Å². The van der Waals surface area contributed by atoms with Gasteiger partial charge in [0.2, 0.25) is 0 Å². The largest absolute Gasteiger partial charge is 0.484 e. The van der Waals surface area contributed by atoms with Crippen molar-refractivity contribution in [3.63, 3.8) is 0 Å². The molecular weight excluding hydrogens is 484 g/mol. The van der Waals surface area contributed by atoms with E-state index in [2.05, 4.69) is 40.3 Å². The topological polar surface area (TPSA) is 77.0 Å². The Hall–Kier alpha value is -3.45. The summed E-state index contributed by atoms with van der Waals surface area (Å²) in [5.74, 6) is 0.468. The number of carbonyl (C=O) groups excluding carboxylic acids is 2. The van der Waals surface area contributed by atoms with Crippen molar-refractivity contribution >= 4 is 34.0 Å². The van der Waals surface area contributed by atoms with Crippen LogP contribution >= 0.6 is 15.9 Å². The van der Waals surface area contributed by atoms with Gasteiger partial charge in [-0.3, -0.25) is 4.79 Å². The van der Waals surface area contributed by atoms with Gasteiger partial charge in [-0.1, -0.05) is 59.6 Å². The maximum absolute atomic E-state index is 12.5. The summed E-state index contributed by atoms with van der Waals surface area (Å²) in [6.07, 6.45) is 1.41. The Morgan fingerprint density at radius 2 is 1.73 bits per heavy atom. The van der Waals surface area contributed by atoms with Crippen molar-refractivity contribution in [2.24, 2.45) is 5.10 Å². The Kier molecular flexibility index (Phi) is 8.38. The first-order valence-corrected chi connectivity index (χ1v) is 11.2. The zero-order chi connectivity index (χ0) is 23.8. The van der Waals surface area contributed by atoms with Crippen molar-refractivity contribution in [3.05, 3.63) is 93.5 Å². The SMILES string of the molecule is Cc1ccc(C(=O)Oc2ccc(Br)cc2/C=N\NC(=O)COc2ccc(C(C)C)cc2)cc1. The maximum Gasteiger partial charge on any atom is 0.343 e. The summed E-state index contributed by atoms with van der Waals surface area (Å²) < 4.78 is 11.8. The molecule has 3 aromatic rings. The van der Waals surface area contributed by atoms with E-state index in [1.54, 1.807) is 30.3 Å². The Morgan fingerprint density at radius 1 is 1.03 bits per heavy atom. The van der Waals surface area contributed by atoms with Gasteiger partial charge in [0, 0.05) is 10.0 Å². The molecule has 0 aliphatic rings. The predicted octanol–water partition coefficient (Wildman–Crippen LogP) is 5.63. The van der Waals surface area contributed by atoms with Gasteiger partial charge in [0.05, 0.1) is 11.8 Å². The van der Waals surface area contributed by atoms with Gasteiger partial charge < -0.3 is 9.47 Å². The molecule has 170 valence electrons. The van der Waals surface area contributed by atoms with Gasteiger partial charge in [-0.25, -0.2) is 10.2 Å². The van der Waals surface area contributed by atoms with Crippen LogP contribution in [0.4, 0.5) is 0 Å². The maximum atomic E-state index is 12.5. The van der Waals surface area contributed by atoms with Gasteiger partial charge in [0.15, 0.2) is 6.61 Å². The predicted molar refractivity (Wildman–Crippen MR) is 132 cm³/mol. The molecule has 0 aliphatic carbocycles. The number of ether oxygens (including phenoxy) is 2. The summed E-state index contributed by atoms with van der Waals surface area (Å²) >= 11 is 3.39. The lowest BCUT2D eigenvalue weighted by Gasteiger charge is -2.09. The van der Waals surface area contributed by atoms with Crippen molar-refractivity contribution in [1.82, 2.24) is 5.43 Å². The molecule has 0 radical (unpaired) electrons. The molecule has 1 amide bonds. The van der Waals surface area contributed by atoms with Crippen LogP contribution in [0.5, 0.6) is 11.5 Å². The van der Waals surface area contributed by atoms with Crippen LogP contribution in [0, 0.1) is 6.92 Å². The van der Waals surface area contributed by atoms with E-state index in [0.717, 1.165) is 10.0 Å². The van der Waals surface area contributed by atoms with Crippen LogP contribution in [0.3, 0.4) is 0 Å². The molecule has 0 heterocycles. The second-order valence-corrected chi connectivity index (χ2v) is 8.66. The average Bonchev–Trinajstić information content (AvgIpc) is 2.80. The highest BCUT2D eigenvalue weighted by molar-refractivity contribution is 9.10. The Morgan fingerprint density at radius 3 is 2.39 bits per heavy atom. The molecule has 0 aliphatic heterocycles. The quantitative estimate of drug-likeness (QED) is 0.185. The highest BCUT2D eigenvalue weighted by Gasteiger charge is 2.12. The van der Waals surface area contributed by atoms with Gasteiger partial charge in [0.25, 0.3) is 5.91 Å². The number of hydrogen-bond donors (Lipinski definition) is 1. The van der Waals surface area contributed by atoms with E-state index in [4.69, 9.17) is 9.47 Å². The average molecular weight is 509 g/mol. The summed E-state index contributed by atoms with van der Waals surface area (Å²) in [7, 11) is 0. The minimum atomic E-state index is -0.479. The van der Waals surface area contributed by atoms with Crippen LogP contribution in [-0.2, 0) is 4.79 Å². The highest BCUT2D eigenvalue weighted by Crippen LogP contribution is 2.23. The number of aryl methyl sites for hydroxylation is 1. The van der Waals surface area contributed by atoms with Gasteiger partial charge >= 0.3 is 5.97 Å². The second-order valence-electron chi connectivity index (χ2n) is 7.74. The van der Waals surface area contributed by atoms with Crippen LogP contribution in [0.2, 0.25) is 0 Å². The van der Waals surface area contributed by atoms with E-state index in [-0.39, 0.29) is 6.61 Å². The standard InChI is InChI=1S/C26H25BrN2O4/c1-17(2)19-8-11-23(12-9-19)32-16-25(30)29-28-15-21-14-22(27)10-13-24(21)33-26(31)20-6-4-18(3)5-7-20/h4-15,17H,16H2,1-3H3,(H,29,30)/b28-15-. The number of benzene rings is 3. The molecule has 0 spiro atoms. The van der Waals surface area contributed by atoms with Gasteiger partial charge in [-0.05, 0) is 60.9 Å². The number of nitrogens with zero attached hydrogens (tertiary/aromatic N) is 1. The number of hydrogen-bond acceptors (Lipinski definition) is 5. The minimum Gasteiger partial charge on any atom is -0.484 e. The van der Waals surface area contributed by atoms with Gasteiger partial charge in [-0.15, -0.1) is 0 Å².